The van der Waals surface area contributed by atoms with Crippen LogP contribution in [-0.2, 0) is 16.1 Å². The monoisotopic (exact) mass is 380 g/mol. The van der Waals surface area contributed by atoms with Crippen molar-refractivity contribution in [2.75, 3.05) is 14.2 Å². The Labute approximate surface area is 164 Å². The molecule has 2 amide bonds. The molecule has 0 fully saturated rings. The third-order valence-corrected chi connectivity index (χ3v) is 4.79. The summed E-state index contributed by atoms with van der Waals surface area (Å²) >= 11 is 0. The van der Waals surface area contributed by atoms with Crippen molar-refractivity contribution in [3.63, 3.8) is 0 Å². The predicted molar refractivity (Wildman–Crippen MR) is 107 cm³/mol. The molecule has 146 valence electrons. The third-order valence-electron chi connectivity index (χ3n) is 4.79. The maximum atomic E-state index is 12.6. The molecular weight excluding hydrogens is 356 g/mol. The Balaban J connectivity index is 1.70. The highest BCUT2D eigenvalue weighted by Gasteiger charge is 2.28. The largest absolute Gasteiger partial charge is 0.493 e. The van der Waals surface area contributed by atoms with E-state index in [1.807, 2.05) is 42.5 Å². The number of carbonyl (C=O) groups excluding carboxylic acids is 2. The molecule has 2 aromatic carbocycles. The highest BCUT2D eigenvalue weighted by atomic mass is 16.5. The van der Waals surface area contributed by atoms with E-state index in [9.17, 15) is 9.59 Å². The average molecular weight is 380 g/mol. The summed E-state index contributed by atoms with van der Waals surface area (Å²) in [7, 11) is 3.15. The molecule has 0 saturated carbocycles. The van der Waals surface area contributed by atoms with E-state index < -0.39 is 0 Å². The number of fused-ring (bicyclic) bond motifs is 1. The van der Waals surface area contributed by atoms with Gasteiger partial charge in [-0.1, -0.05) is 30.3 Å². The van der Waals surface area contributed by atoms with Gasteiger partial charge in [0.05, 0.1) is 26.7 Å². The molecule has 1 aliphatic rings. The van der Waals surface area contributed by atoms with Crippen molar-refractivity contribution in [1.29, 1.82) is 0 Å². The van der Waals surface area contributed by atoms with Gasteiger partial charge in [0.25, 0.3) is 0 Å². The van der Waals surface area contributed by atoms with E-state index >= 15 is 0 Å². The first-order chi connectivity index (χ1) is 13.5. The summed E-state index contributed by atoms with van der Waals surface area (Å²) in [6, 6.07) is 13.0. The van der Waals surface area contributed by atoms with Gasteiger partial charge in [0.15, 0.2) is 11.5 Å². The molecule has 1 heterocycles. The molecule has 1 N–H and O–H groups in total. The van der Waals surface area contributed by atoms with Crippen LogP contribution in [0.15, 0.2) is 48.7 Å². The topological polar surface area (TPSA) is 67.9 Å². The van der Waals surface area contributed by atoms with Gasteiger partial charge < -0.3 is 19.7 Å². The molecule has 1 aliphatic heterocycles. The van der Waals surface area contributed by atoms with E-state index in [2.05, 4.69) is 5.32 Å². The van der Waals surface area contributed by atoms with E-state index in [0.29, 0.717) is 18.0 Å². The molecule has 0 unspecified atom stereocenters. The van der Waals surface area contributed by atoms with Gasteiger partial charge in [-0.3, -0.25) is 9.59 Å². The van der Waals surface area contributed by atoms with Gasteiger partial charge in [0.2, 0.25) is 11.8 Å². The second-order valence-corrected chi connectivity index (χ2v) is 6.56. The van der Waals surface area contributed by atoms with E-state index in [-0.39, 0.29) is 24.3 Å². The van der Waals surface area contributed by atoms with Crippen LogP contribution < -0.4 is 14.8 Å². The van der Waals surface area contributed by atoms with Gasteiger partial charge in [-0.2, -0.15) is 0 Å². The number of ether oxygens (including phenoxy) is 2. The Hall–Kier alpha value is -3.28. The summed E-state index contributed by atoms with van der Waals surface area (Å²) in [4.78, 5) is 26.2. The zero-order valence-corrected chi connectivity index (χ0v) is 16.3. The number of nitrogens with zero attached hydrogens (tertiary/aromatic N) is 1. The first kappa shape index (κ1) is 19.5. The smallest absolute Gasteiger partial charge is 0.223 e. The molecule has 0 bridgehead atoms. The van der Waals surface area contributed by atoms with Crippen LogP contribution in [0.2, 0.25) is 0 Å². The summed E-state index contributed by atoms with van der Waals surface area (Å²) in [5, 5.41) is 2.93. The fourth-order valence-electron chi connectivity index (χ4n) is 3.35. The highest BCUT2D eigenvalue weighted by Crippen LogP contribution is 2.33. The van der Waals surface area contributed by atoms with Crippen molar-refractivity contribution in [1.82, 2.24) is 10.2 Å². The van der Waals surface area contributed by atoms with Crippen molar-refractivity contribution in [2.24, 2.45) is 0 Å². The van der Waals surface area contributed by atoms with Gasteiger partial charge in [-0.15, -0.1) is 0 Å². The molecule has 0 saturated heterocycles. The molecule has 2 aromatic rings. The number of amides is 2. The number of rotatable bonds is 6. The average Bonchev–Trinajstić information content (AvgIpc) is 2.72. The Bertz CT molecular complexity index is 907. The van der Waals surface area contributed by atoms with E-state index in [4.69, 9.17) is 9.47 Å². The number of benzene rings is 2. The first-order valence-electron chi connectivity index (χ1n) is 9.07. The molecule has 6 heteroatoms. The SMILES string of the molecule is COc1ccc(CNC(=O)C[C@@H]2c3ccccc3C=CN2C(C)=O)cc1OC. The number of hydrogen-bond acceptors (Lipinski definition) is 4. The number of methoxy groups -OCH3 is 2. The lowest BCUT2D eigenvalue weighted by Crippen LogP contribution is -2.35. The van der Waals surface area contributed by atoms with Crippen molar-refractivity contribution in [3.8, 4) is 11.5 Å². The lowest BCUT2D eigenvalue weighted by Gasteiger charge is -2.32. The van der Waals surface area contributed by atoms with Gasteiger partial charge in [-0.25, -0.2) is 0 Å². The Kier molecular flexibility index (Phi) is 5.99. The number of hydrogen-bond donors (Lipinski definition) is 1. The molecule has 0 spiro atoms. The van der Waals surface area contributed by atoms with Crippen LogP contribution >= 0.6 is 0 Å². The molecule has 0 aromatic heterocycles. The second-order valence-electron chi connectivity index (χ2n) is 6.56. The molecule has 28 heavy (non-hydrogen) atoms. The third kappa shape index (κ3) is 4.17. The van der Waals surface area contributed by atoms with E-state index in [0.717, 1.165) is 16.7 Å². The van der Waals surface area contributed by atoms with E-state index in [1.165, 1.54) is 6.92 Å². The van der Waals surface area contributed by atoms with Crippen LogP contribution in [0.5, 0.6) is 11.5 Å². The second kappa shape index (κ2) is 8.61. The lowest BCUT2D eigenvalue weighted by atomic mass is 9.93. The normalized spacial score (nSPS) is 15.0. The minimum Gasteiger partial charge on any atom is -0.493 e. The first-order valence-corrected chi connectivity index (χ1v) is 9.07. The highest BCUT2D eigenvalue weighted by molar-refractivity contribution is 5.81. The molecule has 0 radical (unpaired) electrons. The summed E-state index contributed by atoms with van der Waals surface area (Å²) in [5.41, 5.74) is 2.90. The molecule has 6 nitrogen and oxygen atoms in total. The van der Waals surface area contributed by atoms with Crippen LogP contribution in [0.4, 0.5) is 0 Å². The summed E-state index contributed by atoms with van der Waals surface area (Å²) in [5.74, 6) is 1.03. The standard InChI is InChI=1S/C22H24N2O4/c1-15(25)24-11-10-17-6-4-5-7-18(17)19(24)13-22(26)23-14-16-8-9-20(27-2)21(12-16)28-3/h4-12,19H,13-14H2,1-3H3,(H,23,26)/t19-/m1/s1. The van der Waals surface area contributed by atoms with Gasteiger partial charge in [0, 0.05) is 19.7 Å². The zero-order valence-electron chi connectivity index (χ0n) is 16.3. The van der Waals surface area contributed by atoms with Crippen LogP contribution in [0.25, 0.3) is 6.08 Å². The summed E-state index contributed by atoms with van der Waals surface area (Å²) in [6.45, 7) is 1.87. The van der Waals surface area contributed by atoms with Crippen LogP contribution in [0.1, 0.15) is 36.1 Å². The molecule has 0 aliphatic carbocycles. The van der Waals surface area contributed by atoms with Crippen LogP contribution in [-0.4, -0.2) is 30.9 Å². The number of carbonyl (C=O) groups is 2. The lowest BCUT2D eigenvalue weighted by molar-refractivity contribution is -0.130. The van der Waals surface area contributed by atoms with Gasteiger partial charge in [0.1, 0.15) is 0 Å². The van der Waals surface area contributed by atoms with Crippen LogP contribution in [0.3, 0.4) is 0 Å². The minimum absolute atomic E-state index is 0.0940. The van der Waals surface area contributed by atoms with Crippen molar-refractivity contribution in [3.05, 3.63) is 65.4 Å². The zero-order chi connectivity index (χ0) is 20.1. The molecule has 3 rings (SSSR count). The summed E-state index contributed by atoms with van der Waals surface area (Å²) < 4.78 is 10.5. The van der Waals surface area contributed by atoms with Crippen LogP contribution in [0, 0.1) is 0 Å². The Morgan fingerprint density at radius 1 is 1.07 bits per heavy atom. The minimum atomic E-state index is -0.316. The fraction of sp³-hybridized carbons (Fsp3) is 0.273. The van der Waals surface area contributed by atoms with Crippen molar-refractivity contribution >= 4 is 17.9 Å². The van der Waals surface area contributed by atoms with Gasteiger partial charge >= 0.3 is 0 Å². The Morgan fingerprint density at radius 2 is 1.82 bits per heavy atom. The van der Waals surface area contributed by atoms with Crippen molar-refractivity contribution < 1.29 is 19.1 Å². The fourth-order valence-corrected chi connectivity index (χ4v) is 3.35. The van der Waals surface area contributed by atoms with Crippen molar-refractivity contribution in [2.45, 2.75) is 25.9 Å². The maximum Gasteiger partial charge on any atom is 0.223 e. The number of nitrogens with one attached hydrogen (secondary N) is 1. The van der Waals surface area contributed by atoms with Gasteiger partial charge in [-0.05, 0) is 34.9 Å². The predicted octanol–water partition coefficient (Wildman–Crippen LogP) is 3.28. The Morgan fingerprint density at radius 3 is 2.54 bits per heavy atom. The van der Waals surface area contributed by atoms with E-state index in [1.54, 1.807) is 31.4 Å². The quantitative estimate of drug-likeness (QED) is 0.835. The molecule has 1 atom stereocenters. The maximum absolute atomic E-state index is 12.6. The summed E-state index contributed by atoms with van der Waals surface area (Å²) in [6.07, 6.45) is 3.83. The molecular formula is C22H24N2O4.